The zero-order valence-corrected chi connectivity index (χ0v) is 17.2. The number of methoxy groups -OCH3 is 1. The van der Waals surface area contributed by atoms with Gasteiger partial charge in [-0.25, -0.2) is 0 Å². The van der Waals surface area contributed by atoms with E-state index in [2.05, 4.69) is 67.6 Å². The Balaban J connectivity index is 1.99. The average Bonchev–Trinajstić information content (AvgIpc) is 3.14. The molecule has 0 saturated heterocycles. The zero-order chi connectivity index (χ0) is 20.1. The van der Waals surface area contributed by atoms with Gasteiger partial charge < -0.3 is 15.0 Å². The first-order valence-electron chi connectivity index (χ1n) is 10.0. The predicted molar refractivity (Wildman–Crippen MR) is 115 cm³/mol. The fourth-order valence-corrected chi connectivity index (χ4v) is 3.64. The van der Waals surface area contributed by atoms with E-state index in [1.54, 1.807) is 7.11 Å². The molecule has 0 bridgehead atoms. The summed E-state index contributed by atoms with van der Waals surface area (Å²) in [6, 6.07) is 14.4. The number of aryl methyl sites for hydroxylation is 1. The van der Waals surface area contributed by atoms with Crippen LogP contribution >= 0.6 is 0 Å². The van der Waals surface area contributed by atoms with Crippen molar-refractivity contribution in [3.8, 4) is 5.75 Å². The van der Waals surface area contributed by atoms with Gasteiger partial charge in [0.15, 0.2) is 0 Å². The van der Waals surface area contributed by atoms with Crippen LogP contribution in [-0.2, 0) is 11.2 Å². The fourth-order valence-electron chi connectivity index (χ4n) is 3.64. The highest BCUT2D eigenvalue weighted by atomic mass is 16.5. The van der Waals surface area contributed by atoms with Crippen LogP contribution in [0.2, 0.25) is 0 Å². The summed E-state index contributed by atoms with van der Waals surface area (Å²) in [6.45, 7) is 7.07. The molecule has 3 aromatic rings. The molecule has 1 amide bonds. The van der Waals surface area contributed by atoms with Gasteiger partial charge in [0.05, 0.1) is 7.11 Å². The minimum absolute atomic E-state index is 0.0149. The Labute approximate surface area is 167 Å². The zero-order valence-electron chi connectivity index (χ0n) is 17.2. The highest BCUT2D eigenvalue weighted by molar-refractivity contribution is 5.88. The van der Waals surface area contributed by atoms with E-state index in [1.807, 2.05) is 12.1 Å². The van der Waals surface area contributed by atoms with E-state index >= 15 is 0 Å². The second kappa shape index (κ2) is 8.96. The summed E-state index contributed by atoms with van der Waals surface area (Å²) in [5, 5.41) is 4.26. The minimum Gasteiger partial charge on any atom is -0.497 e. The highest BCUT2D eigenvalue weighted by Crippen LogP contribution is 2.35. The number of hydrogen-bond acceptors (Lipinski definition) is 2. The van der Waals surface area contributed by atoms with Gasteiger partial charge >= 0.3 is 0 Å². The number of para-hydroxylation sites is 1. The molecule has 1 unspecified atom stereocenters. The number of rotatable bonds is 8. The molecule has 0 aliphatic carbocycles. The summed E-state index contributed by atoms with van der Waals surface area (Å²) in [5.74, 6) is 1.32. The van der Waals surface area contributed by atoms with Crippen LogP contribution in [-0.4, -0.2) is 24.5 Å². The molecule has 3 rings (SSSR count). The molecule has 0 spiro atoms. The van der Waals surface area contributed by atoms with E-state index in [9.17, 15) is 4.79 Å². The molecule has 0 saturated carbocycles. The number of aromatic amines is 1. The molecule has 1 atom stereocenters. The van der Waals surface area contributed by atoms with Gasteiger partial charge in [0.25, 0.3) is 0 Å². The standard InChI is InChI=1S/C24H30N2O2/c1-5-17-7-6-8-20-22(15-26-24(17)20)21(13-23(27)25-14-16(2)3)18-9-11-19(28-4)12-10-18/h6-12,15-16,21,26H,5,13-14H2,1-4H3,(H,25,27). The number of carbonyl (C=O) groups is 1. The molecule has 28 heavy (non-hydrogen) atoms. The predicted octanol–water partition coefficient (Wildman–Crippen LogP) is 5.03. The van der Waals surface area contributed by atoms with Gasteiger partial charge in [-0.2, -0.15) is 0 Å². The number of aromatic nitrogens is 1. The number of H-pyrrole nitrogens is 1. The third-order valence-electron chi connectivity index (χ3n) is 5.21. The number of amides is 1. The van der Waals surface area contributed by atoms with Crippen molar-refractivity contribution >= 4 is 16.8 Å². The van der Waals surface area contributed by atoms with Crippen LogP contribution in [0.15, 0.2) is 48.7 Å². The second-order valence-corrected chi connectivity index (χ2v) is 7.67. The first kappa shape index (κ1) is 20.0. The number of fused-ring (bicyclic) bond motifs is 1. The summed E-state index contributed by atoms with van der Waals surface area (Å²) in [4.78, 5) is 16.1. The van der Waals surface area contributed by atoms with Crippen LogP contribution in [0, 0.1) is 5.92 Å². The van der Waals surface area contributed by atoms with Gasteiger partial charge in [0.1, 0.15) is 5.75 Å². The van der Waals surface area contributed by atoms with E-state index in [0.717, 1.165) is 23.3 Å². The molecule has 1 heterocycles. The number of benzene rings is 2. The van der Waals surface area contributed by atoms with Gasteiger partial charge in [-0.15, -0.1) is 0 Å². The number of carbonyl (C=O) groups excluding carboxylic acids is 1. The van der Waals surface area contributed by atoms with Crippen molar-refractivity contribution in [2.75, 3.05) is 13.7 Å². The topological polar surface area (TPSA) is 54.1 Å². The van der Waals surface area contributed by atoms with Gasteiger partial charge in [0.2, 0.25) is 5.91 Å². The first-order valence-corrected chi connectivity index (χ1v) is 10.0. The lowest BCUT2D eigenvalue weighted by Crippen LogP contribution is -2.28. The van der Waals surface area contributed by atoms with E-state index in [1.165, 1.54) is 16.5 Å². The number of hydrogen-bond donors (Lipinski definition) is 2. The molecule has 2 N–H and O–H groups in total. The molecule has 1 aromatic heterocycles. The lowest BCUT2D eigenvalue weighted by atomic mass is 9.87. The van der Waals surface area contributed by atoms with Gasteiger partial charge in [-0.05, 0) is 41.2 Å². The smallest absolute Gasteiger partial charge is 0.220 e. The van der Waals surface area contributed by atoms with Crippen molar-refractivity contribution in [1.82, 2.24) is 10.3 Å². The van der Waals surface area contributed by atoms with Crippen molar-refractivity contribution in [3.63, 3.8) is 0 Å². The molecule has 4 heteroatoms. The van der Waals surface area contributed by atoms with E-state index < -0.39 is 0 Å². The second-order valence-electron chi connectivity index (χ2n) is 7.67. The van der Waals surface area contributed by atoms with Crippen molar-refractivity contribution in [3.05, 3.63) is 65.4 Å². The Morgan fingerprint density at radius 3 is 2.54 bits per heavy atom. The summed E-state index contributed by atoms with van der Waals surface area (Å²) in [7, 11) is 1.66. The fraction of sp³-hybridized carbons (Fsp3) is 0.375. The van der Waals surface area contributed by atoms with Gasteiger partial charge in [-0.1, -0.05) is 51.1 Å². The van der Waals surface area contributed by atoms with Crippen LogP contribution in [0.4, 0.5) is 0 Å². The van der Waals surface area contributed by atoms with Crippen LogP contribution in [0.1, 0.15) is 49.8 Å². The number of ether oxygens (including phenoxy) is 1. The quantitative estimate of drug-likeness (QED) is 0.577. The van der Waals surface area contributed by atoms with Crippen LogP contribution in [0.25, 0.3) is 10.9 Å². The normalized spacial score (nSPS) is 12.3. The maximum Gasteiger partial charge on any atom is 0.220 e. The summed E-state index contributed by atoms with van der Waals surface area (Å²) >= 11 is 0. The van der Waals surface area contributed by atoms with E-state index in [-0.39, 0.29) is 11.8 Å². The Morgan fingerprint density at radius 1 is 1.14 bits per heavy atom. The van der Waals surface area contributed by atoms with E-state index in [4.69, 9.17) is 4.74 Å². The summed E-state index contributed by atoms with van der Waals surface area (Å²) in [6.07, 6.45) is 3.45. The average molecular weight is 379 g/mol. The van der Waals surface area contributed by atoms with Crippen LogP contribution in [0.5, 0.6) is 5.75 Å². The Bertz CT molecular complexity index is 925. The molecular weight excluding hydrogens is 348 g/mol. The van der Waals surface area contributed by atoms with Crippen molar-refractivity contribution in [2.45, 2.75) is 39.5 Å². The largest absolute Gasteiger partial charge is 0.497 e. The molecular formula is C24H30N2O2. The molecule has 0 aliphatic rings. The number of nitrogens with one attached hydrogen (secondary N) is 2. The summed E-state index contributed by atoms with van der Waals surface area (Å²) < 4.78 is 5.30. The Morgan fingerprint density at radius 2 is 1.89 bits per heavy atom. The molecule has 4 nitrogen and oxygen atoms in total. The van der Waals surface area contributed by atoms with Crippen LogP contribution in [0.3, 0.4) is 0 Å². The van der Waals surface area contributed by atoms with Crippen molar-refractivity contribution < 1.29 is 9.53 Å². The third kappa shape index (κ3) is 4.38. The lowest BCUT2D eigenvalue weighted by molar-refractivity contribution is -0.121. The van der Waals surface area contributed by atoms with Crippen molar-refractivity contribution in [1.29, 1.82) is 0 Å². The SMILES string of the molecule is CCc1cccc2c(C(CC(=O)NCC(C)C)c3ccc(OC)cc3)c[nH]c12. The monoisotopic (exact) mass is 378 g/mol. The minimum atomic E-state index is -0.0149. The molecule has 2 aromatic carbocycles. The van der Waals surface area contributed by atoms with Gasteiger partial charge in [0, 0.05) is 36.0 Å². The molecule has 0 radical (unpaired) electrons. The molecule has 0 aliphatic heterocycles. The van der Waals surface area contributed by atoms with E-state index in [0.29, 0.717) is 18.9 Å². The van der Waals surface area contributed by atoms with Gasteiger partial charge in [-0.3, -0.25) is 4.79 Å². The molecule has 0 fully saturated rings. The lowest BCUT2D eigenvalue weighted by Gasteiger charge is -2.18. The van der Waals surface area contributed by atoms with Crippen molar-refractivity contribution in [2.24, 2.45) is 5.92 Å². The maximum absolute atomic E-state index is 12.7. The summed E-state index contributed by atoms with van der Waals surface area (Å²) in [5.41, 5.74) is 4.74. The maximum atomic E-state index is 12.7. The third-order valence-corrected chi connectivity index (χ3v) is 5.21. The Kier molecular flexibility index (Phi) is 6.40. The Hall–Kier alpha value is -2.75. The first-order chi connectivity index (χ1) is 13.5. The van der Waals surface area contributed by atoms with Crippen LogP contribution < -0.4 is 10.1 Å². The molecule has 148 valence electrons. The highest BCUT2D eigenvalue weighted by Gasteiger charge is 2.22.